The molecule has 3 aromatic rings. The van der Waals surface area contributed by atoms with Crippen LogP contribution in [-0.4, -0.2) is 24.9 Å². The van der Waals surface area contributed by atoms with E-state index in [1.807, 2.05) is 27.1 Å². The van der Waals surface area contributed by atoms with Crippen LogP contribution in [0.2, 0.25) is 0 Å². The van der Waals surface area contributed by atoms with Crippen LogP contribution in [0.25, 0.3) is 11.0 Å². The summed E-state index contributed by atoms with van der Waals surface area (Å²) in [6.07, 6.45) is 3.10. The molecule has 2 aromatic carbocycles. The number of hydrogen-bond acceptors (Lipinski definition) is 6. The van der Waals surface area contributed by atoms with Gasteiger partial charge in [0.1, 0.15) is 11.3 Å². The quantitative estimate of drug-likeness (QED) is 0.651. The van der Waals surface area contributed by atoms with Gasteiger partial charge in [-0.2, -0.15) is 5.10 Å². The number of aryl methyl sites for hydroxylation is 2. The van der Waals surface area contributed by atoms with Crippen molar-refractivity contribution >= 4 is 22.4 Å². The lowest BCUT2D eigenvalue weighted by molar-refractivity contribution is 0.476. The molecule has 2 heterocycles. The highest BCUT2D eigenvalue weighted by atomic mass is 16.4. The van der Waals surface area contributed by atoms with E-state index < -0.39 is 0 Å². The first-order chi connectivity index (χ1) is 14.4. The molecule has 6 nitrogen and oxygen atoms in total. The van der Waals surface area contributed by atoms with Gasteiger partial charge in [-0.15, -0.1) is 0 Å². The van der Waals surface area contributed by atoms with E-state index in [1.54, 1.807) is 0 Å². The minimum Gasteiger partial charge on any atom is -0.506 e. The third-order valence-electron chi connectivity index (χ3n) is 6.28. The molecule has 2 N–H and O–H groups in total. The Balaban J connectivity index is 1.53. The van der Waals surface area contributed by atoms with Gasteiger partial charge >= 0.3 is 5.63 Å². The average molecular weight is 403 g/mol. The predicted molar refractivity (Wildman–Crippen MR) is 119 cm³/mol. The van der Waals surface area contributed by atoms with Crippen LogP contribution in [0.4, 0.5) is 5.69 Å². The van der Waals surface area contributed by atoms with E-state index in [2.05, 4.69) is 39.7 Å². The molecule has 154 valence electrons. The summed E-state index contributed by atoms with van der Waals surface area (Å²) >= 11 is 0. The van der Waals surface area contributed by atoms with E-state index in [4.69, 9.17) is 4.42 Å². The second-order valence-electron chi connectivity index (χ2n) is 8.42. The number of phenolic OH excluding ortho intramolecular Hbond substituents is 1. The highest BCUT2D eigenvalue weighted by Gasteiger charge is 2.28. The number of anilines is 1. The van der Waals surface area contributed by atoms with Gasteiger partial charge in [-0.1, -0.05) is 12.1 Å². The molecule has 0 saturated heterocycles. The standard InChI is InChI=1S/C24H25N3O3/c1-13-11-20-22(16-5-4-6-17(16)24(29)30-20)23(28)21(13)19-12-18(25-26-19)14-7-9-15(10-8-14)27(2)3/h7-11,18,25,28H,4-6,12H2,1-3H3/t18-/m0/s1. The van der Waals surface area contributed by atoms with E-state index in [0.717, 1.165) is 46.5 Å². The van der Waals surface area contributed by atoms with Gasteiger partial charge < -0.3 is 19.8 Å². The highest BCUT2D eigenvalue weighted by Crippen LogP contribution is 2.39. The van der Waals surface area contributed by atoms with Crippen molar-refractivity contribution in [1.29, 1.82) is 0 Å². The van der Waals surface area contributed by atoms with Crippen LogP contribution in [-0.2, 0) is 12.8 Å². The molecule has 1 aliphatic heterocycles. The van der Waals surface area contributed by atoms with Gasteiger partial charge in [0.15, 0.2) is 0 Å². The molecule has 0 saturated carbocycles. The van der Waals surface area contributed by atoms with E-state index in [9.17, 15) is 9.90 Å². The van der Waals surface area contributed by atoms with Gasteiger partial charge in [0.05, 0.1) is 17.1 Å². The molecule has 0 bridgehead atoms. The average Bonchev–Trinajstić information content (AvgIpc) is 3.38. The zero-order valence-corrected chi connectivity index (χ0v) is 17.5. The molecular formula is C24H25N3O3. The largest absolute Gasteiger partial charge is 0.506 e. The number of aromatic hydroxyl groups is 1. The Hall–Kier alpha value is -3.28. The number of rotatable bonds is 3. The van der Waals surface area contributed by atoms with Crippen molar-refractivity contribution < 1.29 is 9.52 Å². The monoisotopic (exact) mass is 403 g/mol. The summed E-state index contributed by atoms with van der Waals surface area (Å²) in [6.45, 7) is 1.92. The molecule has 1 atom stereocenters. The number of phenols is 1. The zero-order chi connectivity index (χ0) is 21.0. The Morgan fingerprint density at radius 3 is 2.63 bits per heavy atom. The minimum atomic E-state index is -0.275. The fourth-order valence-corrected chi connectivity index (χ4v) is 4.71. The number of fused-ring (bicyclic) bond motifs is 3. The second-order valence-corrected chi connectivity index (χ2v) is 8.42. The van der Waals surface area contributed by atoms with Gasteiger partial charge in [-0.25, -0.2) is 4.79 Å². The van der Waals surface area contributed by atoms with Crippen LogP contribution >= 0.6 is 0 Å². The molecule has 0 unspecified atom stereocenters. The predicted octanol–water partition coefficient (Wildman–Crippen LogP) is 3.80. The lowest BCUT2D eigenvalue weighted by Gasteiger charge is -2.16. The molecule has 0 spiro atoms. The number of hydrogen-bond donors (Lipinski definition) is 2. The number of nitrogens with zero attached hydrogens (tertiary/aromatic N) is 2. The molecule has 0 fully saturated rings. The number of nitrogens with one attached hydrogen (secondary N) is 1. The van der Waals surface area contributed by atoms with Crippen molar-refractivity contribution in [3.8, 4) is 5.75 Å². The summed E-state index contributed by atoms with van der Waals surface area (Å²) in [4.78, 5) is 14.3. The summed E-state index contributed by atoms with van der Waals surface area (Å²) < 4.78 is 5.53. The normalized spacial score (nSPS) is 17.7. The Labute approximate surface area is 174 Å². The van der Waals surface area contributed by atoms with Crippen molar-refractivity contribution in [2.75, 3.05) is 19.0 Å². The fraction of sp³-hybridized carbons (Fsp3) is 0.333. The summed E-state index contributed by atoms with van der Waals surface area (Å²) in [7, 11) is 4.04. The Morgan fingerprint density at radius 1 is 1.17 bits per heavy atom. The third-order valence-corrected chi connectivity index (χ3v) is 6.28. The minimum absolute atomic E-state index is 0.0603. The van der Waals surface area contributed by atoms with Gasteiger partial charge in [0, 0.05) is 37.3 Å². The first-order valence-corrected chi connectivity index (χ1v) is 10.3. The maximum Gasteiger partial charge on any atom is 0.339 e. The molecular weight excluding hydrogens is 378 g/mol. The van der Waals surface area contributed by atoms with E-state index in [0.29, 0.717) is 29.4 Å². The zero-order valence-electron chi connectivity index (χ0n) is 17.5. The lowest BCUT2D eigenvalue weighted by Crippen LogP contribution is -2.12. The fourth-order valence-electron chi connectivity index (χ4n) is 4.71. The summed E-state index contributed by atoms with van der Waals surface area (Å²) in [5, 5.41) is 16.5. The highest BCUT2D eigenvalue weighted by molar-refractivity contribution is 6.09. The van der Waals surface area contributed by atoms with Crippen molar-refractivity contribution in [2.24, 2.45) is 5.10 Å². The Kier molecular flexibility index (Phi) is 4.31. The van der Waals surface area contributed by atoms with E-state index >= 15 is 0 Å². The summed E-state index contributed by atoms with van der Waals surface area (Å²) in [6, 6.07) is 10.3. The molecule has 1 aromatic heterocycles. The van der Waals surface area contributed by atoms with Gasteiger partial charge in [-0.05, 0) is 61.1 Å². The molecule has 30 heavy (non-hydrogen) atoms. The van der Waals surface area contributed by atoms with Gasteiger partial charge in [0.2, 0.25) is 0 Å². The molecule has 5 rings (SSSR count). The van der Waals surface area contributed by atoms with Crippen LogP contribution < -0.4 is 16.0 Å². The van der Waals surface area contributed by atoms with Crippen molar-refractivity contribution in [3.05, 3.63) is 68.6 Å². The van der Waals surface area contributed by atoms with Gasteiger partial charge in [0.25, 0.3) is 0 Å². The maximum atomic E-state index is 12.3. The van der Waals surface area contributed by atoms with Crippen LogP contribution in [0.1, 0.15) is 46.7 Å². The molecule has 1 aliphatic carbocycles. The first-order valence-electron chi connectivity index (χ1n) is 10.3. The smallest absolute Gasteiger partial charge is 0.339 e. The van der Waals surface area contributed by atoms with E-state index in [1.165, 1.54) is 0 Å². The maximum absolute atomic E-state index is 12.3. The molecule has 2 aliphatic rings. The first kappa shape index (κ1) is 18.7. The molecule has 0 amide bonds. The SMILES string of the molecule is Cc1cc2oc(=O)c3c(c2c(O)c1C1=NN[C@H](c2ccc(N(C)C)cc2)C1)CCC3. The summed E-state index contributed by atoms with van der Waals surface area (Å²) in [5.41, 5.74) is 9.77. The van der Waals surface area contributed by atoms with Gasteiger partial charge in [-0.3, -0.25) is 0 Å². The number of benzene rings is 2. The molecule has 6 heteroatoms. The van der Waals surface area contributed by atoms with Crippen molar-refractivity contribution in [3.63, 3.8) is 0 Å². The molecule has 0 radical (unpaired) electrons. The van der Waals surface area contributed by atoms with Crippen LogP contribution in [0.3, 0.4) is 0 Å². The Morgan fingerprint density at radius 2 is 1.90 bits per heavy atom. The second kappa shape index (κ2) is 6.90. The third kappa shape index (κ3) is 2.86. The van der Waals surface area contributed by atoms with Crippen molar-refractivity contribution in [2.45, 2.75) is 38.6 Å². The van der Waals surface area contributed by atoms with Crippen LogP contribution in [0, 0.1) is 6.92 Å². The number of hydrazone groups is 1. The summed E-state index contributed by atoms with van der Waals surface area (Å²) in [5.74, 6) is 0.177. The van der Waals surface area contributed by atoms with Crippen molar-refractivity contribution in [1.82, 2.24) is 5.43 Å². The Bertz CT molecular complexity index is 1240. The topological polar surface area (TPSA) is 78.1 Å². The van der Waals surface area contributed by atoms with Crippen LogP contribution in [0.15, 0.2) is 44.6 Å². The van der Waals surface area contributed by atoms with Crippen LogP contribution in [0.5, 0.6) is 5.75 Å². The van der Waals surface area contributed by atoms with E-state index in [-0.39, 0.29) is 17.4 Å². The lowest BCUT2D eigenvalue weighted by atomic mass is 9.93.